The lowest BCUT2D eigenvalue weighted by molar-refractivity contribution is -0.151. The van der Waals surface area contributed by atoms with E-state index in [1.165, 1.54) is 35.5 Å². The van der Waals surface area contributed by atoms with E-state index in [1.807, 2.05) is 13.8 Å². The normalized spacial score (nSPS) is 24.3. The molecule has 2 saturated heterocycles. The maximum atomic E-state index is 12.6. The van der Waals surface area contributed by atoms with Crippen LogP contribution in [0.2, 0.25) is 0 Å². The molecule has 0 radical (unpaired) electrons. The molecule has 29 heavy (non-hydrogen) atoms. The second-order valence-electron chi connectivity index (χ2n) is 7.68. The number of carbonyl (C=O) groups excluding carboxylic acids is 2. The van der Waals surface area contributed by atoms with Gasteiger partial charge >= 0.3 is 5.97 Å². The molecule has 2 aliphatic heterocycles. The van der Waals surface area contributed by atoms with Crippen LogP contribution in [-0.2, 0) is 24.3 Å². The number of hydrogen-bond donors (Lipinski definition) is 0. The Morgan fingerprint density at radius 2 is 1.62 bits per heavy atom. The van der Waals surface area contributed by atoms with Gasteiger partial charge in [0.25, 0.3) is 5.91 Å². The minimum atomic E-state index is -3.53. The van der Waals surface area contributed by atoms with Crippen LogP contribution in [0.1, 0.15) is 44.0 Å². The lowest BCUT2D eigenvalue weighted by Gasteiger charge is -2.36. The second-order valence-corrected chi connectivity index (χ2v) is 9.62. The molecule has 8 nitrogen and oxygen atoms in total. The summed E-state index contributed by atoms with van der Waals surface area (Å²) in [7, 11) is -3.53. The molecule has 2 fully saturated rings. The van der Waals surface area contributed by atoms with Gasteiger partial charge < -0.3 is 14.4 Å². The number of amides is 1. The summed E-state index contributed by atoms with van der Waals surface area (Å²) in [6.07, 6.45) is 0.631. The number of morpholine rings is 1. The molecule has 0 N–H and O–H groups in total. The smallest absolute Gasteiger partial charge is 0.338 e. The summed E-state index contributed by atoms with van der Waals surface area (Å²) in [5, 5.41) is 0. The van der Waals surface area contributed by atoms with Gasteiger partial charge in [-0.05, 0) is 57.9 Å². The molecule has 2 heterocycles. The highest BCUT2D eigenvalue weighted by Gasteiger charge is 2.31. The number of sulfonamides is 1. The van der Waals surface area contributed by atoms with Crippen molar-refractivity contribution < 1.29 is 27.5 Å². The van der Waals surface area contributed by atoms with Crippen LogP contribution in [0.5, 0.6) is 0 Å². The molecule has 2 aliphatic rings. The number of esters is 1. The minimum absolute atomic E-state index is 0.0734. The van der Waals surface area contributed by atoms with Crippen molar-refractivity contribution in [3.63, 3.8) is 0 Å². The molecule has 3 atom stereocenters. The Bertz CT molecular complexity index is 838. The van der Waals surface area contributed by atoms with E-state index in [2.05, 4.69) is 0 Å². The summed E-state index contributed by atoms with van der Waals surface area (Å²) in [5.41, 5.74) is 0.203. The first-order valence-electron chi connectivity index (χ1n) is 9.94. The Morgan fingerprint density at radius 1 is 1.07 bits per heavy atom. The van der Waals surface area contributed by atoms with Crippen LogP contribution in [-0.4, -0.2) is 74.0 Å². The Balaban J connectivity index is 1.62. The third kappa shape index (κ3) is 4.96. The molecule has 9 heteroatoms. The van der Waals surface area contributed by atoms with E-state index in [0.717, 1.165) is 12.8 Å². The number of rotatable bonds is 5. The van der Waals surface area contributed by atoms with Crippen LogP contribution < -0.4 is 0 Å². The Hall–Kier alpha value is -1.97. The van der Waals surface area contributed by atoms with Crippen molar-refractivity contribution in [1.82, 2.24) is 9.21 Å². The summed E-state index contributed by atoms with van der Waals surface area (Å²) in [4.78, 5) is 26.8. The van der Waals surface area contributed by atoms with Crippen molar-refractivity contribution in [1.29, 1.82) is 0 Å². The molecule has 0 saturated carbocycles. The van der Waals surface area contributed by atoms with E-state index in [4.69, 9.17) is 9.47 Å². The predicted octanol–water partition coefficient (Wildman–Crippen LogP) is 1.65. The van der Waals surface area contributed by atoms with Gasteiger partial charge in [-0.2, -0.15) is 4.31 Å². The molecule has 1 amide bonds. The SMILES string of the molecule is CC1CN(C(=O)C(C)OC(=O)c2ccc(S(=O)(=O)N3CCCC3)cc2)CC(C)O1. The highest BCUT2D eigenvalue weighted by Crippen LogP contribution is 2.21. The maximum absolute atomic E-state index is 12.6. The van der Waals surface area contributed by atoms with E-state index < -0.39 is 22.1 Å². The van der Waals surface area contributed by atoms with Crippen molar-refractivity contribution in [3.8, 4) is 0 Å². The Kier molecular flexibility index (Phi) is 6.60. The second kappa shape index (κ2) is 8.81. The van der Waals surface area contributed by atoms with Gasteiger partial charge in [0.1, 0.15) is 0 Å². The zero-order chi connectivity index (χ0) is 21.2. The van der Waals surface area contributed by atoms with Gasteiger partial charge in [-0.15, -0.1) is 0 Å². The van der Waals surface area contributed by atoms with Gasteiger partial charge in [0, 0.05) is 26.2 Å². The highest BCUT2D eigenvalue weighted by molar-refractivity contribution is 7.89. The summed E-state index contributed by atoms with van der Waals surface area (Å²) in [6.45, 7) is 7.27. The van der Waals surface area contributed by atoms with Crippen LogP contribution in [0.3, 0.4) is 0 Å². The number of carbonyl (C=O) groups is 2. The van der Waals surface area contributed by atoms with Crippen LogP contribution in [0.15, 0.2) is 29.2 Å². The lowest BCUT2D eigenvalue weighted by atomic mass is 10.2. The Morgan fingerprint density at radius 3 is 2.17 bits per heavy atom. The Labute approximate surface area is 171 Å². The van der Waals surface area contributed by atoms with Crippen LogP contribution in [0.25, 0.3) is 0 Å². The zero-order valence-corrected chi connectivity index (χ0v) is 17.9. The standard InChI is InChI=1S/C20H28N2O6S/c1-14-12-21(13-15(2)27-14)19(23)16(3)28-20(24)17-6-8-18(9-7-17)29(25,26)22-10-4-5-11-22/h6-9,14-16H,4-5,10-13H2,1-3H3. The van der Waals surface area contributed by atoms with E-state index in [1.54, 1.807) is 4.90 Å². The van der Waals surface area contributed by atoms with E-state index in [0.29, 0.717) is 26.2 Å². The lowest BCUT2D eigenvalue weighted by Crippen LogP contribution is -2.51. The minimum Gasteiger partial charge on any atom is -0.449 e. The first kappa shape index (κ1) is 21.7. The van der Waals surface area contributed by atoms with Crippen molar-refractivity contribution in [2.75, 3.05) is 26.2 Å². The van der Waals surface area contributed by atoms with Gasteiger partial charge in [0.2, 0.25) is 10.0 Å². The predicted molar refractivity (Wildman–Crippen MR) is 106 cm³/mol. The molecule has 0 aliphatic carbocycles. The first-order chi connectivity index (χ1) is 13.7. The largest absolute Gasteiger partial charge is 0.449 e. The molecular weight excluding hydrogens is 396 g/mol. The van der Waals surface area contributed by atoms with Gasteiger partial charge in [-0.3, -0.25) is 4.79 Å². The van der Waals surface area contributed by atoms with Gasteiger partial charge in [-0.25, -0.2) is 13.2 Å². The van der Waals surface area contributed by atoms with Crippen molar-refractivity contribution in [2.45, 2.75) is 56.8 Å². The fraction of sp³-hybridized carbons (Fsp3) is 0.600. The number of hydrogen-bond acceptors (Lipinski definition) is 6. The van der Waals surface area contributed by atoms with Crippen molar-refractivity contribution >= 4 is 21.9 Å². The summed E-state index contributed by atoms with van der Waals surface area (Å²) >= 11 is 0. The monoisotopic (exact) mass is 424 g/mol. The zero-order valence-electron chi connectivity index (χ0n) is 17.0. The van der Waals surface area contributed by atoms with Gasteiger partial charge in [0.05, 0.1) is 22.7 Å². The molecule has 1 aromatic rings. The maximum Gasteiger partial charge on any atom is 0.338 e. The third-order valence-electron chi connectivity index (χ3n) is 5.16. The number of ether oxygens (including phenoxy) is 2. The third-order valence-corrected chi connectivity index (χ3v) is 7.07. The number of benzene rings is 1. The van der Waals surface area contributed by atoms with Crippen LogP contribution >= 0.6 is 0 Å². The fourth-order valence-corrected chi connectivity index (χ4v) is 5.25. The average Bonchev–Trinajstić information content (AvgIpc) is 3.22. The van der Waals surface area contributed by atoms with Crippen LogP contribution in [0.4, 0.5) is 0 Å². The molecule has 3 rings (SSSR count). The average molecular weight is 425 g/mol. The summed E-state index contributed by atoms with van der Waals surface area (Å²) in [6, 6.07) is 5.65. The van der Waals surface area contributed by atoms with Crippen molar-refractivity contribution in [3.05, 3.63) is 29.8 Å². The molecule has 160 valence electrons. The van der Waals surface area contributed by atoms with Gasteiger partial charge in [0.15, 0.2) is 6.10 Å². The first-order valence-corrected chi connectivity index (χ1v) is 11.4. The fourth-order valence-electron chi connectivity index (χ4n) is 3.73. The van der Waals surface area contributed by atoms with Crippen LogP contribution in [0, 0.1) is 0 Å². The highest BCUT2D eigenvalue weighted by atomic mass is 32.2. The molecule has 0 spiro atoms. The van der Waals surface area contributed by atoms with E-state index >= 15 is 0 Å². The number of nitrogens with zero attached hydrogens (tertiary/aromatic N) is 2. The quantitative estimate of drug-likeness (QED) is 0.668. The van der Waals surface area contributed by atoms with Crippen molar-refractivity contribution in [2.24, 2.45) is 0 Å². The van der Waals surface area contributed by atoms with E-state index in [9.17, 15) is 18.0 Å². The molecule has 0 bridgehead atoms. The molecular formula is C20H28N2O6S. The topological polar surface area (TPSA) is 93.2 Å². The molecule has 3 unspecified atom stereocenters. The summed E-state index contributed by atoms with van der Waals surface area (Å²) < 4.78 is 37.5. The van der Waals surface area contributed by atoms with E-state index in [-0.39, 0.29) is 28.6 Å². The summed E-state index contributed by atoms with van der Waals surface area (Å²) in [5.74, 6) is -0.932. The van der Waals surface area contributed by atoms with Gasteiger partial charge in [-0.1, -0.05) is 0 Å². The molecule has 0 aromatic heterocycles. The molecule has 1 aromatic carbocycles.